The first-order valence-electron chi connectivity index (χ1n) is 4.94. The smallest absolute Gasteiger partial charge is 0.308 e. The average molecular weight is 208 g/mol. The van der Waals surface area contributed by atoms with Crippen molar-refractivity contribution in [3.63, 3.8) is 0 Å². The molecule has 0 saturated heterocycles. The molecule has 0 spiro atoms. The molecular weight excluding hydrogens is 192 g/mol. The summed E-state index contributed by atoms with van der Waals surface area (Å²) in [6, 6.07) is 9.87. The number of methoxy groups -OCH3 is 1. The van der Waals surface area contributed by atoms with E-state index >= 15 is 0 Å². The summed E-state index contributed by atoms with van der Waals surface area (Å²) in [4.78, 5) is 10.9. The second-order valence-corrected chi connectivity index (χ2v) is 3.39. The average Bonchev–Trinajstić information content (AvgIpc) is 2.27. The second kappa shape index (κ2) is 6.19. The lowest BCUT2D eigenvalue weighted by Crippen LogP contribution is -2.15. The van der Waals surface area contributed by atoms with Gasteiger partial charge in [0.15, 0.2) is 0 Å². The highest BCUT2D eigenvalue weighted by Crippen LogP contribution is 2.05. The predicted octanol–water partition coefficient (Wildman–Crippen LogP) is 2.15. The molecule has 3 heteroatoms. The van der Waals surface area contributed by atoms with Gasteiger partial charge in [-0.05, 0) is 12.5 Å². The molecule has 0 aliphatic rings. The third-order valence-corrected chi connectivity index (χ3v) is 2.06. The summed E-state index contributed by atoms with van der Waals surface area (Å²) in [5.74, 6) is -0.240. The Labute approximate surface area is 90.0 Å². The van der Waals surface area contributed by atoms with E-state index in [2.05, 4.69) is 4.74 Å². The molecule has 0 bridgehead atoms. The molecule has 1 rings (SSSR count). The summed E-state index contributed by atoms with van der Waals surface area (Å²) in [6.07, 6.45) is 0.182. The molecule has 0 heterocycles. The van der Waals surface area contributed by atoms with E-state index in [4.69, 9.17) is 4.74 Å². The van der Waals surface area contributed by atoms with Crippen LogP contribution in [0.5, 0.6) is 0 Å². The van der Waals surface area contributed by atoms with Crippen molar-refractivity contribution in [2.75, 3.05) is 7.11 Å². The zero-order valence-corrected chi connectivity index (χ0v) is 9.10. The fourth-order valence-corrected chi connectivity index (χ4v) is 1.19. The van der Waals surface area contributed by atoms with Crippen molar-refractivity contribution in [2.45, 2.75) is 26.1 Å². The first-order valence-corrected chi connectivity index (χ1v) is 4.94. The molecule has 3 nitrogen and oxygen atoms in total. The second-order valence-electron chi connectivity index (χ2n) is 3.39. The molecule has 1 aromatic rings. The van der Waals surface area contributed by atoms with Gasteiger partial charge in [0.1, 0.15) is 0 Å². The van der Waals surface area contributed by atoms with Gasteiger partial charge in [-0.2, -0.15) is 0 Å². The van der Waals surface area contributed by atoms with Gasteiger partial charge in [-0.25, -0.2) is 0 Å². The summed E-state index contributed by atoms with van der Waals surface area (Å²) in [5, 5.41) is 0. The molecule has 0 aliphatic carbocycles. The minimum absolute atomic E-state index is 0.113. The van der Waals surface area contributed by atoms with E-state index in [-0.39, 0.29) is 12.1 Å². The number of rotatable bonds is 5. The first-order chi connectivity index (χ1) is 7.22. The van der Waals surface area contributed by atoms with Crippen LogP contribution in [0.2, 0.25) is 0 Å². The molecule has 82 valence electrons. The minimum atomic E-state index is -0.240. The molecule has 0 fully saturated rings. The third kappa shape index (κ3) is 4.61. The van der Waals surface area contributed by atoms with Gasteiger partial charge >= 0.3 is 5.97 Å². The lowest BCUT2D eigenvalue weighted by atomic mass is 10.2. The van der Waals surface area contributed by atoms with Crippen LogP contribution in [0.15, 0.2) is 30.3 Å². The Kier molecular flexibility index (Phi) is 4.84. The van der Waals surface area contributed by atoms with E-state index in [1.807, 2.05) is 37.3 Å². The van der Waals surface area contributed by atoms with Crippen molar-refractivity contribution in [1.29, 1.82) is 0 Å². The van der Waals surface area contributed by atoms with Gasteiger partial charge in [0.2, 0.25) is 0 Å². The van der Waals surface area contributed by atoms with Crippen LogP contribution in [0, 0.1) is 0 Å². The highest BCUT2D eigenvalue weighted by molar-refractivity contribution is 5.69. The quantitative estimate of drug-likeness (QED) is 0.695. The van der Waals surface area contributed by atoms with Crippen molar-refractivity contribution >= 4 is 5.97 Å². The van der Waals surface area contributed by atoms with Crippen molar-refractivity contribution in [2.24, 2.45) is 0 Å². The largest absolute Gasteiger partial charge is 0.469 e. The predicted molar refractivity (Wildman–Crippen MR) is 57.3 cm³/mol. The van der Waals surface area contributed by atoms with Crippen molar-refractivity contribution in [1.82, 2.24) is 0 Å². The molecule has 1 atom stereocenters. The van der Waals surface area contributed by atoms with E-state index < -0.39 is 0 Å². The number of hydrogen-bond donors (Lipinski definition) is 0. The number of benzene rings is 1. The van der Waals surface area contributed by atoms with Gasteiger partial charge in [0.05, 0.1) is 26.2 Å². The van der Waals surface area contributed by atoms with E-state index in [1.54, 1.807) is 0 Å². The zero-order valence-electron chi connectivity index (χ0n) is 9.10. The fraction of sp³-hybridized carbons (Fsp3) is 0.417. The maximum atomic E-state index is 10.9. The van der Waals surface area contributed by atoms with Crippen LogP contribution in [-0.2, 0) is 20.9 Å². The van der Waals surface area contributed by atoms with Crippen LogP contribution < -0.4 is 0 Å². The maximum absolute atomic E-state index is 10.9. The zero-order chi connectivity index (χ0) is 11.1. The first kappa shape index (κ1) is 11.7. The van der Waals surface area contributed by atoms with Crippen LogP contribution >= 0.6 is 0 Å². The maximum Gasteiger partial charge on any atom is 0.308 e. The van der Waals surface area contributed by atoms with Crippen LogP contribution in [0.3, 0.4) is 0 Å². The van der Waals surface area contributed by atoms with Gasteiger partial charge in [-0.1, -0.05) is 30.3 Å². The van der Waals surface area contributed by atoms with Gasteiger partial charge in [0.25, 0.3) is 0 Å². The molecule has 15 heavy (non-hydrogen) atoms. The standard InChI is InChI=1S/C12H16O3/c1-10(8-12(13)14-2)15-9-11-6-4-3-5-7-11/h3-7,10H,8-9H2,1-2H3/t10-/m0/s1. The highest BCUT2D eigenvalue weighted by atomic mass is 16.5. The summed E-state index contributed by atoms with van der Waals surface area (Å²) in [6.45, 7) is 2.39. The number of carbonyl (C=O) groups excluding carboxylic acids is 1. The molecule has 0 unspecified atom stereocenters. The Hall–Kier alpha value is -1.35. The molecular formula is C12H16O3. The summed E-state index contributed by atoms with van der Waals surface area (Å²) in [7, 11) is 1.38. The lowest BCUT2D eigenvalue weighted by molar-refractivity contribution is -0.143. The SMILES string of the molecule is COC(=O)C[C@H](C)OCc1ccccc1. The number of hydrogen-bond acceptors (Lipinski definition) is 3. The Morgan fingerprint density at radius 3 is 2.60 bits per heavy atom. The number of carbonyl (C=O) groups is 1. The van der Waals surface area contributed by atoms with Crippen LogP contribution in [0.25, 0.3) is 0 Å². The number of esters is 1. The third-order valence-electron chi connectivity index (χ3n) is 2.06. The Morgan fingerprint density at radius 2 is 2.00 bits per heavy atom. The highest BCUT2D eigenvalue weighted by Gasteiger charge is 2.09. The van der Waals surface area contributed by atoms with Crippen LogP contribution in [0.1, 0.15) is 18.9 Å². The fourth-order valence-electron chi connectivity index (χ4n) is 1.19. The summed E-state index contributed by atoms with van der Waals surface area (Å²) < 4.78 is 10.1. The molecule has 0 radical (unpaired) electrons. The molecule has 1 aromatic carbocycles. The Morgan fingerprint density at radius 1 is 1.33 bits per heavy atom. The van der Waals surface area contributed by atoms with Crippen molar-refractivity contribution in [3.05, 3.63) is 35.9 Å². The van der Waals surface area contributed by atoms with E-state index in [0.717, 1.165) is 5.56 Å². The Bertz CT molecular complexity index is 295. The van der Waals surface area contributed by atoms with Gasteiger partial charge < -0.3 is 9.47 Å². The van der Waals surface area contributed by atoms with Crippen molar-refractivity contribution < 1.29 is 14.3 Å². The molecule has 0 amide bonds. The molecule has 0 saturated carbocycles. The molecule has 0 N–H and O–H groups in total. The minimum Gasteiger partial charge on any atom is -0.469 e. The monoisotopic (exact) mass is 208 g/mol. The van der Waals surface area contributed by atoms with Gasteiger partial charge in [-0.15, -0.1) is 0 Å². The van der Waals surface area contributed by atoms with Crippen LogP contribution in [-0.4, -0.2) is 19.2 Å². The Balaban J connectivity index is 2.28. The van der Waals surface area contributed by atoms with Crippen molar-refractivity contribution in [3.8, 4) is 0 Å². The number of ether oxygens (including phenoxy) is 2. The summed E-state index contributed by atoms with van der Waals surface area (Å²) in [5.41, 5.74) is 1.11. The van der Waals surface area contributed by atoms with E-state index in [1.165, 1.54) is 7.11 Å². The van der Waals surface area contributed by atoms with Gasteiger partial charge in [-0.3, -0.25) is 4.79 Å². The topological polar surface area (TPSA) is 35.5 Å². The van der Waals surface area contributed by atoms with Gasteiger partial charge in [0, 0.05) is 0 Å². The molecule has 0 aliphatic heterocycles. The van der Waals surface area contributed by atoms with E-state index in [0.29, 0.717) is 13.0 Å². The summed E-state index contributed by atoms with van der Waals surface area (Å²) >= 11 is 0. The normalized spacial score (nSPS) is 12.1. The van der Waals surface area contributed by atoms with Crippen LogP contribution in [0.4, 0.5) is 0 Å². The molecule has 0 aromatic heterocycles. The van der Waals surface area contributed by atoms with E-state index in [9.17, 15) is 4.79 Å². The lowest BCUT2D eigenvalue weighted by Gasteiger charge is -2.11.